The molecule has 0 spiro atoms. The van der Waals surface area contributed by atoms with Crippen molar-refractivity contribution in [2.24, 2.45) is 5.73 Å². The highest BCUT2D eigenvalue weighted by molar-refractivity contribution is 7.47. The Hall–Kier alpha value is -0.990. The Morgan fingerprint density at radius 2 is 1.63 bits per heavy atom. The van der Waals surface area contributed by atoms with Gasteiger partial charge in [0.2, 0.25) is 0 Å². The fourth-order valence-electron chi connectivity index (χ4n) is 2.02. The van der Waals surface area contributed by atoms with Crippen molar-refractivity contribution >= 4 is 19.8 Å². The maximum absolute atomic E-state index is 11.8. The molecule has 0 aliphatic heterocycles. The van der Waals surface area contributed by atoms with Crippen LogP contribution in [0.4, 0.5) is 0 Å². The van der Waals surface area contributed by atoms with E-state index < -0.39 is 32.5 Å². The molecule has 0 fully saturated rings. The van der Waals surface area contributed by atoms with Gasteiger partial charge < -0.3 is 20.1 Å². The van der Waals surface area contributed by atoms with Crippen LogP contribution in [-0.4, -0.2) is 49.3 Å². The van der Waals surface area contributed by atoms with Gasteiger partial charge in [-0.25, -0.2) is 4.57 Å². The SMILES string of the molecule is CCCCCCC(=O)OC[C@@H](COP(=O)(O)OCCN)OC(=O)CCCC. The van der Waals surface area contributed by atoms with E-state index in [2.05, 4.69) is 11.4 Å². The summed E-state index contributed by atoms with van der Waals surface area (Å²) in [6.07, 6.45) is 4.75. The summed E-state index contributed by atoms with van der Waals surface area (Å²) in [5, 5.41) is 0. The minimum absolute atomic E-state index is 0.0546. The lowest BCUT2D eigenvalue weighted by Gasteiger charge is -2.19. The molecule has 9 nitrogen and oxygen atoms in total. The number of carbonyl (C=O) groups excluding carboxylic acids is 2. The van der Waals surface area contributed by atoms with Crippen LogP contribution in [0.3, 0.4) is 0 Å². The van der Waals surface area contributed by atoms with E-state index in [4.69, 9.17) is 19.7 Å². The van der Waals surface area contributed by atoms with E-state index in [0.717, 1.165) is 32.1 Å². The second kappa shape index (κ2) is 16.0. The number of carbonyl (C=O) groups is 2. The molecule has 0 amide bonds. The smallest absolute Gasteiger partial charge is 0.462 e. The average Bonchev–Trinajstić information content (AvgIpc) is 2.64. The van der Waals surface area contributed by atoms with Gasteiger partial charge in [-0.3, -0.25) is 18.6 Å². The summed E-state index contributed by atoms with van der Waals surface area (Å²) >= 11 is 0. The molecule has 0 heterocycles. The van der Waals surface area contributed by atoms with Crippen LogP contribution in [0.5, 0.6) is 0 Å². The molecule has 0 saturated heterocycles. The molecule has 0 aromatic carbocycles. The Balaban J connectivity index is 4.48. The van der Waals surface area contributed by atoms with Crippen molar-refractivity contribution in [3.05, 3.63) is 0 Å². The van der Waals surface area contributed by atoms with Gasteiger partial charge in [0.25, 0.3) is 0 Å². The Morgan fingerprint density at radius 3 is 2.26 bits per heavy atom. The van der Waals surface area contributed by atoms with Gasteiger partial charge in [-0.15, -0.1) is 0 Å². The Kier molecular flexibility index (Phi) is 15.4. The van der Waals surface area contributed by atoms with E-state index in [0.29, 0.717) is 6.42 Å². The summed E-state index contributed by atoms with van der Waals surface area (Å²) in [6, 6.07) is 0. The topological polar surface area (TPSA) is 134 Å². The van der Waals surface area contributed by atoms with Crippen LogP contribution in [0.1, 0.15) is 65.2 Å². The van der Waals surface area contributed by atoms with Crippen LogP contribution in [0.2, 0.25) is 0 Å². The molecule has 0 aliphatic carbocycles. The van der Waals surface area contributed by atoms with E-state index in [1.54, 1.807) is 0 Å². The Labute approximate surface area is 161 Å². The van der Waals surface area contributed by atoms with Crippen molar-refractivity contribution in [2.45, 2.75) is 71.3 Å². The zero-order chi connectivity index (χ0) is 20.5. The number of nitrogens with two attached hydrogens (primary N) is 1. The molecule has 160 valence electrons. The third kappa shape index (κ3) is 15.7. The molecular formula is C17H34NO8P. The first-order chi connectivity index (χ1) is 12.8. The number of phosphoric acid groups is 1. The minimum Gasteiger partial charge on any atom is -0.462 e. The number of unbranched alkanes of at least 4 members (excludes halogenated alkanes) is 4. The molecule has 0 rings (SSSR count). The Morgan fingerprint density at radius 1 is 0.963 bits per heavy atom. The van der Waals surface area contributed by atoms with Crippen LogP contribution in [-0.2, 0) is 32.7 Å². The van der Waals surface area contributed by atoms with E-state index in [9.17, 15) is 19.0 Å². The number of ether oxygens (including phenoxy) is 2. The molecule has 1 unspecified atom stereocenters. The molecule has 0 saturated carbocycles. The lowest BCUT2D eigenvalue weighted by Crippen LogP contribution is -2.29. The number of esters is 2. The van der Waals surface area contributed by atoms with Gasteiger partial charge >= 0.3 is 19.8 Å². The zero-order valence-electron chi connectivity index (χ0n) is 16.4. The highest BCUT2D eigenvalue weighted by atomic mass is 31.2. The maximum Gasteiger partial charge on any atom is 0.472 e. The van der Waals surface area contributed by atoms with Crippen molar-refractivity contribution in [2.75, 3.05) is 26.4 Å². The fraction of sp³-hybridized carbons (Fsp3) is 0.882. The molecule has 0 aromatic rings. The molecule has 27 heavy (non-hydrogen) atoms. The highest BCUT2D eigenvalue weighted by Crippen LogP contribution is 2.43. The molecule has 3 N–H and O–H groups in total. The zero-order valence-corrected chi connectivity index (χ0v) is 17.3. The van der Waals surface area contributed by atoms with Crippen molar-refractivity contribution in [3.63, 3.8) is 0 Å². The molecular weight excluding hydrogens is 377 g/mol. The lowest BCUT2D eigenvalue weighted by atomic mass is 10.2. The van der Waals surface area contributed by atoms with Crippen LogP contribution in [0, 0.1) is 0 Å². The predicted molar refractivity (Wildman–Crippen MR) is 99.9 cm³/mol. The predicted octanol–water partition coefficient (Wildman–Crippen LogP) is 2.69. The van der Waals surface area contributed by atoms with Crippen LogP contribution in [0.25, 0.3) is 0 Å². The van der Waals surface area contributed by atoms with E-state index >= 15 is 0 Å². The van der Waals surface area contributed by atoms with Gasteiger partial charge in [-0.2, -0.15) is 0 Å². The monoisotopic (exact) mass is 411 g/mol. The second-order valence-electron chi connectivity index (χ2n) is 6.10. The summed E-state index contributed by atoms with van der Waals surface area (Å²) in [5.41, 5.74) is 5.20. The minimum atomic E-state index is -4.31. The third-order valence-corrected chi connectivity index (χ3v) is 4.48. The number of rotatable bonds is 17. The maximum atomic E-state index is 11.8. The van der Waals surface area contributed by atoms with Crippen molar-refractivity contribution < 1.29 is 37.6 Å². The Bertz CT molecular complexity index is 460. The van der Waals surface area contributed by atoms with Crippen LogP contribution in [0.15, 0.2) is 0 Å². The first-order valence-corrected chi connectivity index (χ1v) is 11.0. The van der Waals surface area contributed by atoms with Gasteiger partial charge in [0.05, 0.1) is 13.2 Å². The summed E-state index contributed by atoms with van der Waals surface area (Å²) in [4.78, 5) is 33.1. The van der Waals surface area contributed by atoms with Gasteiger partial charge in [-0.05, 0) is 12.8 Å². The van der Waals surface area contributed by atoms with Gasteiger partial charge in [0, 0.05) is 19.4 Å². The molecule has 0 radical (unpaired) electrons. The summed E-state index contributed by atoms with van der Waals surface area (Å²) in [5.74, 6) is -0.896. The van der Waals surface area contributed by atoms with E-state index in [1.807, 2.05) is 6.92 Å². The van der Waals surface area contributed by atoms with E-state index in [1.165, 1.54) is 0 Å². The van der Waals surface area contributed by atoms with E-state index in [-0.39, 0.29) is 32.6 Å². The quantitative estimate of drug-likeness (QED) is 0.210. The normalized spacial score (nSPS) is 14.4. The third-order valence-electron chi connectivity index (χ3n) is 3.49. The molecule has 2 atom stereocenters. The number of hydrogen-bond acceptors (Lipinski definition) is 8. The van der Waals surface area contributed by atoms with Gasteiger partial charge in [0.1, 0.15) is 6.61 Å². The average molecular weight is 411 g/mol. The van der Waals surface area contributed by atoms with Crippen LogP contribution < -0.4 is 5.73 Å². The number of hydrogen-bond donors (Lipinski definition) is 2. The van der Waals surface area contributed by atoms with Crippen LogP contribution >= 0.6 is 7.82 Å². The fourth-order valence-corrected chi connectivity index (χ4v) is 2.78. The number of phosphoric ester groups is 1. The standard InChI is InChI=1S/C17H34NO8P/c1-3-5-7-8-10-16(19)23-13-15(26-17(20)9-6-4-2)14-25-27(21,22)24-12-11-18/h15H,3-14,18H2,1-2H3,(H,21,22)/t15-/m0/s1. The van der Waals surface area contributed by atoms with Crippen molar-refractivity contribution in [3.8, 4) is 0 Å². The van der Waals surface area contributed by atoms with Crippen molar-refractivity contribution in [1.82, 2.24) is 0 Å². The highest BCUT2D eigenvalue weighted by Gasteiger charge is 2.25. The lowest BCUT2D eigenvalue weighted by molar-refractivity contribution is -0.161. The molecule has 0 aliphatic rings. The second-order valence-corrected chi connectivity index (χ2v) is 7.55. The molecule has 10 heteroatoms. The summed E-state index contributed by atoms with van der Waals surface area (Å²) in [7, 11) is -4.31. The summed E-state index contributed by atoms with van der Waals surface area (Å²) < 4.78 is 31.4. The van der Waals surface area contributed by atoms with Gasteiger partial charge in [-0.1, -0.05) is 39.5 Å². The molecule has 0 bridgehead atoms. The van der Waals surface area contributed by atoms with Crippen molar-refractivity contribution in [1.29, 1.82) is 0 Å². The van der Waals surface area contributed by atoms with Gasteiger partial charge in [0.15, 0.2) is 6.10 Å². The largest absolute Gasteiger partial charge is 0.472 e. The first-order valence-electron chi connectivity index (χ1n) is 9.51. The molecule has 0 aromatic heterocycles. The first kappa shape index (κ1) is 26.0. The summed E-state index contributed by atoms with van der Waals surface area (Å²) in [6.45, 7) is 3.24.